The second kappa shape index (κ2) is 8.16. The molecule has 1 fully saturated rings. The zero-order valence-corrected chi connectivity index (χ0v) is 16.8. The van der Waals surface area contributed by atoms with Crippen LogP contribution in [0.4, 0.5) is 4.79 Å². The number of H-pyrrole nitrogens is 1. The Kier molecular flexibility index (Phi) is 5.42. The lowest BCUT2D eigenvalue weighted by Gasteiger charge is -2.29. The Balaban J connectivity index is 1.68. The van der Waals surface area contributed by atoms with Crippen LogP contribution in [-0.4, -0.2) is 53.4 Å². The summed E-state index contributed by atoms with van der Waals surface area (Å²) in [5, 5.41) is 25.1. The lowest BCUT2D eigenvalue weighted by atomic mass is 9.78. The second-order valence-corrected chi connectivity index (χ2v) is 7.60. The fraction of sp³-hybridized carbons (Fsp3) is 0.429. The van der Waals surface area contributed by atoms with Crippen LogP contribution in [0.25, 0.3) is 0 Å². The van der Waals surface area contributed by atoms with Crippen LogP contribution < -0.4 is 9.47 Å². The van der Waals surface area contributed by atoms with Crippen molar-refractivity contribution in [2.24, 2.45) is 5.92 Å². The lowest BCUT2D eigenvalue weighted by Crippen LogP contribution is -2.42. The summed E-state index contributed by atoms with van der Waals surface area (Å²) in [4.78, 5) is 14.1. The molecular weight excluding hydrogens is 386 g/mol. The van der Waals surface area contributed by atoms with E-state index in [1.807, 2.05) is 19.9 Å². The van der Waals surface area contributed by atoms with Crippen LogP contribution in [0, 0.1) is 22.7 Å². The number of aromatic amines is 1. The maximum atomic E-state index is 12.5. The molecule has 0 spiro atoms. The van der Waals surface area contributed by atoms with E-state index < -0.39 is 17.9 Å². The summed E-state index contributed by atoms with van der Waals surface area (Å²) in [6.45, 7) is 6.00. The highest BCUT2D eigenvalue weighted by molar-refractivity contribution is 5.85. The molecule has 2 aromatic rings. The van der Waals surface area contributed by atoms with Crippen molar-refractivity contribution in [3.63, 3.8) is 0 Å². The Morgan fingerprint density at radius 1 is 1.40 bits per heavy atom. The summed E-state index contributed by atoms with van der Waals surface area (Å²) in [6, 6.07) is 9.27. The number of morpholine rings is 1. The summed E-state index contributed by atoms with van der Waals surface area (Å²) >= 11 is 0. The summed E-state index contributed by atoms with van der Waals surface area (Å²) in [6.07, 6.45) is -0.432. The number of nitrogens with one attached hydrogen (secondary N) is 2. The second-order valence-electron chi connectivity index (χ2n) is 7.60. The van der Waals surface area contributed by atoms with Crippen LogP contribution in [0.2, 0.25) is 0 Å². The zero-order chi connectivity index (χ0) is 21.3. The molecule has 2 aliphatic heterocycles. The summed E-state index contributed by atoms with van der Waals surface area (Å²) in [7, 11) is 0. The van der Waals surface area contributed by atoms with Gasteiger partial charge in [0.2, 0.25) is 11.8 Å². The van der Waals surface area contributed by atoms with Gasteiger partial charge in [-0.05, 0) is 23.6 Å². The summed E-state index contributed by atoms with van der Waals surface area (Å²) < 4.78 is 16.3. The molecule has 0 saturated carbocycles. The molecule has 156 valence electrons. The highest BCUT2D eigenvalue weighted by Gasteiger charge is 2.41. The third kappa shape index (κ3) is 3.62. The average Bonchev–Trinajstić information content (AvgIpc) is 3.17. The number of aromatic nitrogens is 2. The maximum absolute atomic E-state index is 12.5. The predicted molar refractivity (Wildman–Crippen MR) is 107 cm³/mol. The van der Waals surface area contributed by atoms with Crippen molar-refractivity contribution in [2.75, 3.05) is 26.3 Å². The smallest absolute Gasteiger partial charge is 0.415 e. The van der Waals surface area contributed by atoms with Crippen LogP contribution >= 0.6 is 0 Å². The molecule has 2 N–H and O–H groups in total. The van der Waals surface area contributed by atoms with E-state index >= 15 is 0 Å². The summed E-state index contributed by atoms with van der Waals surface area (Å²) in [5.74, 6) is -0.582. The minimum absolute atomic E-state index is 0.126. The SMILES string of the molecule is CC(C)c1[nH]nc2c1C(c1cccc(OC(=O)N3CCOCC3)c1)C(C#N)C(=N)O2. The van der Waals surface area contributed by atoms with Gasteiger partial charge in [-0.2, -0.15) is 5.26 Å². The van der Waals surface area contributed by atoms with E-state index in [-0.39, 0.29) is 11.8 Å². The molecule has 0 bridgehead atoms. The normalized spacial score (nSPS) is 21.0. The first-order valence-corrected chi connectivity index (χ1v) is 9.88. The van der Waals surface area contributed by atoms with Gasteiger partial charge in [-0.1, -0.05) is 26.0 Å². The van der Waals surface area contributed by atoms with Gasteiger partial charge in [0.15, 0.2) is 0 Å². The quantitative estimate of drug-likeness (QED) is 0.803. The van der Waals surface area contributed by atoms with Gasteiger partial charge >= 0.3 is 6.09 Å². The number of carbonyl (C=O) groups excluding carboxylic acids is 1. The predicted octanol–water partition coefficient (Wildman–Crippen LogP) is 3.01. The van der Waals surface area contributed by atoms with Gasteiger partial charge in [0, 0.05) is 30.3 Å². The first-order valence-electron chi connectivity index (χ1n) is 9.88. The van der Waals surface area contributed by atoms with Crippen LogP contribution in [0.3, 0.4) is 0 Å². The molecule has 1 amide bonds. The molecule has 2 unspecified atom stereocenters. The molecule has 9 heteroatoms. The Hall–Kier alpha value is -3.38. The molecule has 2 atom stereocenters. The van der Waals surface area contributed by atoms with Crippen LogP contribution in [0.5, 0.6) is 11.6 Å². The number of fused-ring (bicyclic) bond motifs is 1. The van der Waals surface area contributed by atoms with Crippen molar-refractivity contribution in [1.29, 1.82) is 10.7 Å². The van der Waals surface area contributed by atoms with E-state index in [2.05, 4.69) is 16.3 Å². The molecule has 0 aliphatic carbocycles. The zero-order valence-electron chi connectivity index (χ0n) is 16.8. The van der Waals surface area contributed by atoms with Gasteiger partial charge in [-0.3, -0.25) is 10.5 Å². The molecule has 1 aromatic heterocycles. The number of carbonyl (C=O) groups is 1. The third-order valence-corrected chi connectivity index (χ3v) is 5.34. The first-order chi connectivity index (χ1) is 14.5. The number of nitriles is 1. The monoisotopic (exact) mass is 409 g/mol. The van der Waals surface area contributed by atoms with E-state index in [0.717, 1.165) is 16.8 Å². The van der Waals surface area contributed by atoms with Crippen molar-refractivity contribution >= 4 is 12.0 Å². The fourth-order valence-corrected chi connectivity index (χ4v) is 3.83. The Bertz CT molecular complexity index is 1000. The van der Waals surface area contributed by atoms with Gasteiger partial charge < -0.3 is 19.1 Å². The van der Waals surface area contributed by atoms with Gasteiger partial charge in [0.05, 0.1) is 19.3 Å². The number of hydrogen-bond acceptors (Lipinski definition) is 7. The van der Waals surface area contributed by atoms with Crippen molar-refractivity contribution in [1.82, 2.24) is 15.1 Å². The average molecular weight is 409 g/mol. The van der Waals surface area contributed by atoms with Crippen molar-refractivity contribution in [2.45, 2.75) is 25.7 Å². The number of nitrogens with zero attached hydrogens (tertiary/aromatic N) is 3. The minimum atomic E-state index is -0.808. The number of benzene rings is 1. The molecule has 1 saturated heterocycles. The fourth-order valence-electron chi connectivity index (χ4n) is 3.83. The van der Waals surface area contributed by atoms with Crippen molar-refractivity contribution < 1.29 is 19.0 Å². The number of rotatable bonds is 3. The Labute approximate surface area is 174 Å². The number of hydrogen-bond donors (Lipinski definition) is 2. The Morgan fingerprint density at radius 3 is 2.87 bits per heavy atom. The largest absolute Gasteiger partial charge is 0.422 e. The van der Waals surface area contributed by atoms with E-state index in [1.54, 1.807) is 23.1 Å². The molecule has 3 heterocycles. The minimum Gasteiger partial charge on any atom is -0.422 e. The maximum Gasteiger partial charge on any atom is 0.415 e. The lowest BCUT2D eigenvalue weighted by molar-refractivity contribution is 0.0416. The van der Waals surface area contributed by atoms with Gasteiger partial charge in [-0.15, -0.1) is 5.10 Å². The van der Waals surface area contributed by atoms with Gasteiger partial charge in [0.25, 0.3) is 0 Å². The van der Waals surface area contributed by atoms with E-state index in [4.69, 9.17) is 19.6 Å². The first kappa shape index (κ1) is 19.9. The molecule has 2 aliphatic rings. The number of amides is 1. The molecule has 30 heavy (non-hydrogen) atoms. The van der Waals surface area contributed by atoms with Crippen molar-refractivity contribution in [3.8, 4) is 17.7 Å². The van der Waals surface area contributed by atoms with Crippen LogP contribution in [0.15, 0.2) is 24.3 Å². The summed E-state index contributed by atoms with van der Waals surface area (Å²) in [5.41, 5.74) is 2.38. The van der Waals surface area contributed by atoms with Gasteiger partial charge in [-0.25, -0.2) is 4.79 Å². The van der Waals surface area contributed by atoms with Crippen LogP contribution in [-0.2, 0) is 4.74 Å². The van der Waals surface area contributed by atoms with Gasteiger partial charge in [0.1, 0.15) is 11.7 Å². The topological polar surface area (TPSA) is 124 Å². The molecule has 1 aromatic carbocycles. The third-order valence-electron chi connectivity index (χ3n) is 5.34. The molecule has 4 rings (SSSR count). The van der Waals surface area contributed by atoms with Crippen LogP contribution in [0.1, 0.15) is 42.5 Å². The highest BCUT2D eigenvalue weighted by Crippen LogP contribution is 2.45. The Morgan fingerprint density at radius 2 is 2.17 bits per heavy atom. The molecular formula is C21H23N5O4. The standard InChI is InChI=1S/C21H23N5O4/c1-12(2)18-17-16(15(11-22)19(23)30-20(17)25-24-18)13-4-3-5-14(10-13)29-21(27)26-6-8-28-9-7-26/h3-5,10,12,15-16,23H,6-9H2,1-2H3,(H,24,25). The molecule has 0 radical (unpaired) electrons. The highest BCUT2D eigenvalue weighted by atomic mass is 16.6. The van der Waals surface area contributed by atoms with E-state index in [9.17, 15) is 10.1 Å². The number of ether oxygens (including phenoxy) is 3. The van der Waals surface area contributed by atoms with E-state index in [0.29, 0.717) is 37.9 Å². The van der Waals surface area contributed by atoms with E-state index in [1.165, 1.54) is 0 Å². The van der Waals surface area contributed by atoms with Crippen molar-refractivity contribution in [3.05, 3.63) is 41.1 Å². The molecule has 9 nitrogen and oxygen atoms in total.